The van der Waals surface area contributed by atoms with Crippen LogP contribution in [0.1, 0.15) is 64.2 Å². The van der Waals surface area contributed by atoms with E-state index in [1.807, 2.05) is 12.1 Å². The first-order valence-corrected chi connectivity index (χ1v) is 10.3. The molecule has 2 aliphatic carbocycles. The van der Waals surface area contributed by atoms with Crippen LogP contribution in [0, 0.1) is 5.92 Å². The Hall–Kier alpha value is -2.24. The van der Waals surface area contributed by atoms with Crippen LogP contribution in [0.3, 0.4) is 0 Å². The van der Waals surface area contributed by atoms with E-state index in [0.717, 1.165) is 37.2 Å². The first-order valence-electron chi connectivity index (χ1n) is 10.3. The van der Waals surface area contributed by atoms with Crippen molar-refractivity contribution in [2.24, 2.45) is 5.92 Å². The smallest absolute Gasteiger partial charge is 0.227 e. The number of aromatic nitrogens is 3. The zero-order valence-corrected chi connectivity index (χ0v) is 16.0. The molecule has 0 spiro atoms. The van der Waals surface area contributed by atoms with Crippen molar-refractivity contribution in [2.75, 3.05) is 0 Å². The van der Waals surface area contributed by atoms with Gasteiger partial charge in [-0.1, -0.05) is 18.5 Å². The van der Waals surface area contributed by atoms with E-state index in [1.165, 1.54) is 19.3 Å². The zero-order valence-electron chi connectivity index (χ0n) is 16.0. The molecule has 4 rings (SSSR count). The third-order valence-corrected chi connectivity index (χ3v) is 5.97. The molecule has 0 N–H and O–H groups in total. The molecule has 144 valence electrons. The molecular weight excluding hydrogens is 340 g/mol. The maximum atomic E-state index is 13.0. The number of amides is 1. The van der Waals surface area contributed by atoms with Crippen LogP contribution in [0.5, 0.6) is 0 Å². The minimum Gasteiger partial charge on any atom is -0.339 e. The molecule has 0 atom stereocenters. The quantitative estimate of drug-likeness (QED) is 0.738. The van der Waals surface area contributed by atoms with Gasteiger partial charge in [-0.25, -0.2) is 0 Å². The minimum absolute atomic E-state index is 0.251. The summed E-state index contributed by atoms with van der Waals surface area (Å²) in [5.74, 6) is 2.18. The van der Waals surface area contributed by atoms with Crippen molar-refractivity contribution in [1.82, 2.24) is 20.0 Å². The molecule has 0 saturated heterocycles. The van der Waals surface area contributed by atoms with Crippen molar-refractivity contribution in [2.45, 2.75) is 76.8 Å². The van der Waals surface area contributed by atoms with Crippen molar-refractivity contribution in [3.63, 3.8) is 0 Å². The number of hydrogen-bond donors (Lipinski definition) is 0. The molecule has 2 aromatic heterocycles. The summed E-state index contributed by atoms with van der Waals surface area (Å²) in [6.45, 7) is 2.28. The van der Waals surface area contributed by atoms with E-state index in [4.69, 9.17) is 4.52 Å². The van der Waals surface area contributed by atoms with Crippen molar-refractivity contribution < 1.29 is 9.32 Å². The van der Waals surface area contributed by atoms with Crippen molar-refractivity contribution >= 4 is 5.91 Å². The molecule has 2 aliphatic rings. The van der Waals surface area contributed by atoms with Gasteiger partial charge < -0.3 is 9.42 Å². The monoisotopic (exact) mass is 368 g/mol. The predicted molar refractivity (Wildman–Crippen MR) is 102 cm³/mol. The average molecular weight is 368 g/mol. The molecule has 0 bridgehead atoms. The third-order valence-electron chi connectivity index (χ3n) is 5.97. The normalized spacial score (nSPS) is 22.6. The van der Waals surface area contributed by atoms with E-state index >= 15 is 0 Å². The number of carbonyl (C=O) groups is 1. The highest BCUT2D eigenvalue weighted by Gasteiger charge is 2.38. The molecule has 0 unspecified atom stereocenters. The van der Waals surface area contributed by atoms with Crippen LogP contribution in [-0.4, -0.2) is 38.0 Å². The van der Waals surface area contributed by atoms with E-state index in [9.17, 15) is 4.79 Å². The minimum atomic E-state index is 0.251. The van der Waals surface area contributed by atoms with Gasteiger partial charge in [0.05, 0.1) is 0 Å². The second kappa shape index (κ2) is 8.19. The van der Waals surface area contributed by atoms with E-state index < -0.39 is 0 Å². The van der Waals surface area contributed by atoms with Gasteiger partial charge in [-0.3, -0.25) is 9.78 Å². The van der Waals surface area contributed by atoms with Crippen LogP contribution in [0.25, 0.3) is 11.4 Å². The van der Waals surface area contributed by atoms with Crippen molar-refractivity contribution in [1.29, 1.82) is 0 Å². The first kappa shape index (κ1) is 18.1. The molecular formula is C21H28N4O2. The van der Waals surface area contributed by atoms with Crippen molar-refractivity contribution in [3.05, 3.63) is 30.4 Å². The van der Waals surface area contributed by atoms with E-state index in [-0.39, 0.29) is 5.91 Å². The lowest BCUT2D eigenvalue weighted by Gasteiger charge is -2.37. The van der Waals surface area contributed by atoms with Crippen molar-refractivity contribution in [3.8, 4) is 11.4 Å². The summed E-state index contributed by atoms with van der Waals surface area (Å²) in [4.78, 5) is 23.6. The van der Waals surface area contributed by atoms with Gasteiger partial charge in [0.25, 0.3) is 0 Å². The van der Waals surface area contributed by atoms with E-state index in [0.29, 0.717) is 36.6 Å². The fourth-order valence-electron chi connectivity index (χ4n) is 4.21. The van der Waals surface area contributed by atoms with Crippen LogP contribution in [0.15, 0.2) is 29.0 Å². The Morgan fingerprint density at radius 3 is 2.41 bits per heavy atom. The molecule has 2 heterocycles. The van der Waals surface area contributed by atoms with Crippen LogP contribution >= 0.6 is 0 Å². The van der Waals surface area contributed by atoms with E-state index in [1.54, 1.807) is 12.4 Å². The van der Waals surface area contributed by atoms with Gasteiger partial charge in [-0.2, -0.15) is 4.98 Å². The molecule has 2 saturated carbocycles. The van der Waals surface area contributed by atoms with Crippen LogP contribution in [0.4, 0.5) is 0 Å². The summed E-state index contributed by atoms with van der Waals surface area (Å²) in [7, 11) is 0. The predicted octanol–water partition coefficient (Wildman–Crippen LogP) is 4.02. The summed E-state index contributed by atoms with van der Waals surface area (Å²) in [5, 5.41) is 4.03. The Balaban J connectivity index is 1.34. The zero-order chi connectivity index (χ0) is 18.6. The highest BCUT2D eigenvalue weighted by Crippen LogP contribution is 2.36. The molecule has 27 heavy (non-hydrogen) atoms. The maximum absolute atomic E-state index is 13.0. The summed E-state index contributed by atoms with van der Waals surface area (Å²) >= 11 is 0. The summed E-state index contributed by atoms with van der Waals surface area (Å²) < 4.78 is 5.35. The highest BCUT2D eigenvalue weighted by atomic mass is 16.5. The highest BCUT2D eigenvalue weighted by molar-refractivity contribution is 5.77. The van der Waals surface area contributed by atoms with Gasteiger partial charge in [-0.05, 0) is 56.6 Å². The Morgan fingerprint density at radius 1 is 1.11 bits per heavy atom. The summed E-state index contributed by atoms with van der Waals surface area (Å²) in [6, 6.07) is 4.60. The van der Waals surface area contributed by atoms with Gasteiger partial charge in [0.15, 0.2) is 0 Å². The lowest BCUT2D eigenvalue weighted by Crippen LogP contribution is -2.44. The molecule has 2 fully saturated rings. The summed E-state index contributed by atoms with van der Waals surface area (Å²) in [5.41, 5.74) is 0.874. The Labute approximate surface area is 160 Å². The standard InChI is InChI=1S/C21H28N4O2/c1-2-15-3-5-17(6-4-15)25(18-7-8-18)20(26)10-9-19-23-21(24-27-19)16-11-13-22-14-12-16/h11-15,17-18H,2-10H2,1H3. The molecule has 1 amide bonds. The average Bonchev–Trinajstić information content (AvgIpc) is 3.43. The number of carbonyl (C=O) groups excluding carboxylic acids is 1. The number of nitrogens with zero attached hydrogens (tertiary/aromatic N) is 4. The van der Waals surface area contributed by atoms with Crippen LogP contribution < -0.4 is 0 Å². The van der Waals surface area contributed by atoms with Gasteiger partial charge in [0.2, 0.25) is 17.6 Å². The van der Waals surface area contributed by atoms with E-state index in [2.05, 4.69) is 26.9 Å². The Morgan fingerprint density at radius 2 is 1.78 bits per heavy atom. The molecule has 6 nitrogen and oxygen atoms in total. The topological polar surface area (TPSA) is 72.1 Å². The van der Waals surface area contributed by atoms with Gasteiger partial charge in [0.1, 0.15) is 0 Å². The number of hydrogen-bond acceptors (Lipinski definition) is 5. The second-order valence-electron chi connectivity index (χ2n) is 7.86. The third kappa shape index (κ3) is 4.37. The van der Waals surface area contributed by atoms with Crippen LogP contribution in [-0.2, 0) is 11.2 Å². The lowest BCUT2D eigenvalue weighted by molar-refractivity contribution is -0.135. The Bertz CT molecular complexity index is 749. The Kier molecular flexibility index (Phi) is 5.50. The molecule has 0 aliphatic heterocycles. The number of pyridine rings is 1. The first-order chi connectivity index (χ1) is 13.2. The largest absolute Gasteiger partial charge is 0.339 e. The molecule has 0 aromatic carbocycles. The lowest BCUT2D eigenvalue weighted by atomic mass is 9.83. The fraction of sp³-hybridized carbons (Fsp3) is 0.619. The summed E-state index contributed by atoms with van der Waals surface area (Å²) in [6.07, 6.45) is 12.8. The second-order valence-corrected chi connectivity index (χ2v) is 7.86. The number of aryl methyl sites for hydroxylation is 1. The molecule has 2 aromatic rings. The van der Waals surface area contributed by atoms with Gasteiger partial charge in [0, 0.05) is 42.9 Å². The SMILES string of the molecule is CCC1CCC(N(C(=O)CCc2nc(-c3ccncc3)no2)C2CC2)CC1. The fourth-order valence-corrected chi connectivity index (χ4v) is 4.21. The molecule has 0 radical (unpaired) electrons. The maximum Gasteiger partial charge on any atom is 0.227 e. The molecule has 6 heteroatoms. The van der Waals surface area contributed by atoms with Crippen LogP contribution in [0.2, 0.25) is 0 Å². The van der Waals surface area contributed by atoms with Gasteiger partial charge in [-0.15, -0.1) is 0 Å². The van der Waals surface area contributed by atoms with Gasteiger partial charge >= 0.3 is 0 Å². The number of rotatable bonds is 7.